The maximum atomic E-state index is 5.37. The zero-order valence-electron chi connectivity index (χ0n) is 8.49. The summed E-state index contributed by atoms with van der Waals surface area (Å²) in [5.41, 5.74) is 1.36. The Morgan fingerprint density at radius 3 is 2.71 bits per heavy atom. The molecular formula is C11H16N2S. The van der Waals surface area contributed by atoms with E-state index < -0.39 is 0 Å². The molecule has 76 valence electrons. The van der Waals surface area contributed by atoms with Crippen LogP contribution >= 0.6 is 12.2 Å². The van der Waals surface area contributed by atoms with Gasteiger partial charge in [-0.2, -0.15) is 0 Å². The van der Waals surface area contributed by atoms with Gasteiger partial charge in [0.05, 0.1) is 6.04 Å². The number of rotatable bonds is 3. The van der Waals surface area contributed by atoms with Crippen LogP contribution in [0.1, 0.15) is 50.3 Å². The standard InChI is InChI=1S/C11H16N2S/c1-7(8-2-3-8)13-11(14)6-10(12-13)9-4-5-9/h6-9,12H,2-5H2,1H3. The van der Waals surface area contributed by atoms with E-state index in [1.807, 2.05) is 0 Å². The lowest BCUT2D eigenvalue weighted by molar-refractivity contribution is 0.432. The Morgan fingerprint density at radius 1 is 1.43 bits per heavy atom. The summed E-state index contributed by atoms with van der Waals surface area (Å²) in [5, 5.41) is 3.48. The van der Waals surface area contributed by atoms with Crippen LogP contribution in [0, 0.1) is 10.6 Å². The fraction of sp³-hybridized carbons (Fsp3) is 0.727. The first-order valence-electron chi connectivity index (χ1n) is 5.57. The highest BCUT2D eigenvalue weighted by Crippen LogP contribution is 2.42. The van der Waals surface area contributed by atoms with Gasteiger partial charge in [0.25, 0.3) is 0 Å². The smallest absolute Gasteiger partial charge is 0.122 e. The van der Waals surface area contributed by atoms with Gasteiger partial charge in [0.15, 0.2) is 0 Å². The number of aromatic amines is 1. The summed E-state index contributed by atoms with van der Waals surface area (Å²) in [6.45, 7) is 2.28. The molecular weight excluding hydrogens is 192 g/mol. The van der Waals surface area contributed by atoms with Crippen LogP contribution in [0.2, 0.25) is 0 Å². The van der Waals surface area contributed by atoms with E-state index in [9.17, 15) is 0 Å². The molecule has 0 amide bonds. The highest BCUT2D eigenvalue weighted by molar-refractivity contribution is 7.71. The van der Waals surface area contributed by atoms with Crippen LogP contribution in [0.15, 0.2) is 6.07 Å². The van der Waals surface area contributed by atoms with Gasteiger partial charge in [0.2, 0.25) is 0 Å². The van der Waals surface area contributed by atoms with Crippen LogP contribution in [0.4, 0.5) is 0 Å². The van der Waals surface area contributed by atoms with Gasteiger partial charge in [-0.15, -0.1) is 0 Å². The molecule has 1 unspecified atom stereocenters. The largest absolute Gasteiger partial charge is 0.301 e. The van der Waals surface area contributed by atoms with Crippen molar-refractivity contribution in [2.24, 2.45) is 5.92 Å². The number of nitrogens with one attached hydrogen (secondary N) is 1. The van der Waals surface area contributed by atoms with Gasteiger partial charge in [-0.25, -0.2) is 0 Å². The predicted octanol–water partition coefficient (Wildman–Crippen LogP) is 3.39. The van der Waals surface area contributed by atoms with Gasteiger partial charge in [0, 0.05) is 11.6 Å². The maximum Gasteiger partial charge on any atom is 0.122 e. The third-order valence-electron chi connectivity index (χ3n) is 3.49. The summed E-state index contributed by atoms with van der Waals surface area (Å²) < 4.78 is 3.19. The highest BCUT2D eigenvalue weighted by atomic mass is 32.1. The molecule has 0 spiro atoms. The van der Waals surface area contributed by atoms with E-state index in [2.05, 4.69) is 22.8 Å². The van der Waals surface area contributed by atoms with Crippen molar-refractivity contribution in [1.29, 1.82) is 0 Å². The third kappa shape index (κ3) is 1.44. The first-order chi connectivity index (χ1) is 6.75. The van der Waals surface area contributed by atoms with Crippen LogP contribution in [-0.4, -0.2) is 9.78 Å². The topological polar surface area (TPSA) is 20.7 Å². The van der Waals surface area contributed by atoms with Gasteiger partial charge in [-0.3, -0.25) is 4.68 Å². The second kappa shape index (κ2) is 2.96. The Bertz CT molecular complexity index is 396. The molecule has 2 nitrogen and oxygen atoms in total. The summed E-state index contributed by atoms with van der Waals surface area (Å²) in [6.07, 6.45) is 5.43. The first kappa shape index (κ1) is 8.72. The Morgan fingerprint density at radius 2 is 2.14 bits per heavy atom. The van der Waals surface area contributed by atoms with Crippen LogP contribution in [-0.2, 0) is 0 Å². The van der Waals surface area contributed by atoms with Crippen molar-refractivity contribution in [3.8, 4) is 0 Å². The van der Waals surface area contributed by atoms with Crippen molar-refractivity contribution < 1.29 is 0 Å². The number of hydrogen-bond acceptors (Lipinski definition) is 1. The van der Waals surface area contributed by atoms with Crippen molar-refractivity contribution in [3.05, 3.63) is 16.4 Å². The highest BCUT2D eigenvalue weighted by Gasteiger charge is 2.31. The van der Waals surface area contributed by atoms with Crippen LogP contribution in [0.25, 0.3) is 0 Å². The summed E-state index contributed by atoms with van der Waals surface area (Å²) in [4.78, 5) is 0. The molecule has 1 aromatic heterocycles. The average molecular weight is 208 g/mol. The fourth-order valence-electron chi connectivity index (χ4n) is 2.12. The monoisotopic (exact) mass is 208 g/mol. The molecule has 2 saturated carbocycles. The Hall–Kier alpha value is -0.570. The number of nitrogens with zero attached hydrogens (tertiary/aromatic N) is 1. The van der Waals surface area contributed by atoms with Gasteiger partial charge < -0.3 is 5.10 Å². The Labute approximate surface area is 89.3 Å². The molecule has 0 radical (unpaired) electrons. The normalized spacial score (nSPS) is 23.8. The summed E-state index contributed by atoms with van der Waals surface area (Å²) in [6, 6.07) is 2.74. The average Bonchev–Trinajstić information content (AvgIpc) is 2.99. The van der Waals surface area contributed by atoms with Crippen LogP contribution in [0.3, 0.4) is 0 Å². The van der Waals surface area contributed by atoms with E-state index in [1.165, 1.54) is 31.4 Å². The molecule has 1 atom stereocenters. The zero-order valence-corrected chi connectivity index (χ0v) is 9.31. The van der Waals surface area contributed by atoms with E-state index in [1.54, 1.807) is 0 Å². The maximum absolute atomic E-state index is 5.37. The lowest BCUT2D eigenvalue weighted by Crippen LogP contribution is -2.09. The minimum atomic E-state index is 0.579. The van der Waals surface area contributed by atoms with Crippen molar-refractivity contribution in [2.45, 2.75) is 44.6 Å². The van der Waals surface area contributed by atoms with Crippen molar-refractivity contribution in [3.63, 3.8) is 0 Å². The van der Waals surface area contributed by atoms with E-state index >= 15 is 0 Å². The molecule has 0 bridgehead atoms. The van der Waals surface area contributed by atoms with E-state index in [-0.39, 0.29) is 0 Å². The second-order valence-corrected chi connectivity index (χ2v) is 5.19. The first-order valence-corrected chi connectivity index (χ1v) is 5.98. The number of aromatic nitrogens is 2. The molecule has 14 heavy (non-hydrogen) atoms. The van der Waals surface area contributed by atoms with Gasteiger partial charge in [0.1, 0.15) is 4.64 Å². The van der Waals surface area contributed by atoms with Crippen molar-refractivity contribution in [2.75, 3.05) is 0 Å². The Kier molecular flexibility index (Phi) is 1.84. The third-order valence-corrected chi connectivity index (χ3v) is 3.81. The lowest BCUT2D eigenvalue weighted by atomic mass is 10.2. The van der Waals surface area contributed by atoms with Crippen LogP contribution in [0.5, 0.6) is 0 Å². The molecule has 2 aliphatic carbocycles. The SMILES string of the molecule is CC(C1CC1)n1[nH]c(C2CC2)cc1=S. The molecule has 2 fully saturated rings. The summed E-state index contributed by atoms with van der Waals surface area (Å²) in [5.74, 6) is 1.65. The molecule has 0 saturated heterocycles. The van der Waals surface area contributed by atoms with E-state index in [4.69, 9.17) is 12.2 Å². The number of H-pyrrole nitrogens is 1. The molecule has 2 aliphatic rings. The Balaban J connectivity index is 1.91. The molecule has 0 aromatic carbocycles. The minimum absolute atomic E-state index is 0.579. The minimum Gasteiger partial charge on any atom is -0.301 e. The van der Waals surface area contributed by atoms with Crippen LogP contribution < -0.4 is 0 Å². The summed E-state index contributed by atoms with van der Waals surface area (Å²) in [7, 11) is 0. The van der Waals surface area contributed by atoms with Gasteiger partial charge in [-0.1, -0.05) is 12.2 Å². The fourth-order valence-corrected chi connectivity index (χ4v) is 2.46. The van der Waals surface area contributed by atoms with Gasteiger partial charge >= 0.3 is 0 Å². The number of hydrogen-bond donors (Lipinski definition) is 1. The summed E-state index contributed by atoms with van der Waals surface area (Å²) >= 11 is 5.37. The lowest BCUT2D eigenvalue weighted by Gasteiger charge is -2.11. The molecule has 1 aromatic rings. The van der Waals surface area contributed by atoms with Crippen molar-refractivity contribution >= 4 is 12.2 Å². The zero-order chi connectivity index (χ0) is 9.71. The van der Waals surface area contributed by atoms with Gasteiger partial charge in [-0.05, 0) is 44.6 Å². The molecule has 1 heterocycles. The quantitative estimate of drug-likeness (QED) is 0.755. The molecule has 1 N–H and O–H groups in total. The van der Waals surface area contributed by atoms with E-state index in [0.29, 0.717) is 6.04 Å². The molecule has 0 aliphatic heterocycles. The predicted molar refractivity (Wildman–Crippen MR) is 59.0 cm³/mol. The van der Waals surface area contributed by atoms with Crippen molar-refractivity contribution in [1.82, 2.24) is 9.78 Å². The second-order valence-electron chi connectivity index (χ2n) is 4.77. The molecule has 3 rings (SSSR count). The van der Waals surface area contributed by atoms with E-state index in [0.717, 1.165) is 16.5 Å². The molecule has 3 heteroatoms.